The van der Waals surface area contributed by atoms with Crippen LogP contribution in [0.2, 0.25) is 0 Å². The Bertz CT molecular complexity index is 1550. The molecule has 12 nitrogen and oxygen atoms in total. The number of nitro benzene ring substituents is 3. The molecule has 0 bridgehead atoms. The molecular formula is C29H27N5O7. The molecule has 4 rings (SSSR count). The molecule has 3 aromatic carbocycles. The summed E-state index contributed by atoms with van der Waals surface area (Å²) in [6, 6.07) is 20.1. The van der Waals surface area contributed by atoms with Crippen molar-refractivity contribution >= 4 is 34.0 Å². The van der Waals surface area contributed by atoms with Crippen LogP contribution >= 0.6 is 0 Å². The van der Waals surface area contributed by atoms with Gasteiger partial charge in [0.1, 0.15) is 14.1 Å². The average Bonchev–Trinajstić information content (AvgIpc) is 2.94. The van der Waals surface area contributed by atoms with Crippen molar-refractivity contribution in [2.75, 3.05) is 33.1 Å². The summed E-state index contributed by atoms with van der Waals surface area (Å²) < 4.78 is 2.12. The molecule has 0 fully saturated rings. The van der Waals surface area contributed by atoms with Crippen LogP contribution in [0.3, 0.4) is 0 Å². The molecule has 12 heteroatoms. The Hall–Kier alpha value is -5.65. The highest BCUT2D eigenvalue weighted by molar-refractivity contribution is 6.03. The normalized spacial score (nSPS) is 11.8. The van der Waals surface area contributed by atoms with Crippen molar-refractivity contribution in [2.24, 2.45) is 0 Å². The Labute approximate surface area is 235 Å². The summed E-state index contributed by atoms with van der Waals surface area (Å²) in [7, 11) is 8.27. The third-order valence-corrected chi connectivity index (χ3v) is 6.05. The maximum atomic E-state index is 11.1. The highest BCUT2D eigenvalue weighted by Gasteiger charge is 2.24. The van der Waals surface area contributed by atoms with Gasteiger partial charge in [-0.25, -0.2) is 4.58 Å². The van der Waals surface area contributed by atoms with Gasteiger partial charge in [0.05, 0.1) is 32.7 Å². The molecule has 0 saturated carbocycles. The third kappa shape index (κ3) is 7.26. The van der Waals surface area contributed by atoms with Crippen molar-refractivity contribution in [3.63, 3.8) is 0 Å². The molecule has 0 unspecified atom stereocenters. The van der Waals surface area contributed by atoms with Crippen molar-refractivity contribution in [3.05, 3.63) is 138 Å². The van der Waals surface area contributed by atoms with E-state index in [0.717, 1.165) is 0 Å². The Balaban J connectivity index is 0.000000250. The van der Waals surface area contributed by atoms with Crippen molar-refractivity contribution in [3.8, 4) is 5.75 Å². The Morgan fingerprint density at radius 3 is 1.59 bits per heavy atom. The average molecular weight is 558 g/mol. The number of nitrogens with zero attached hydrogens (tertiary/aromatic N) is 5. The maximum absolute atomic E-state index is 11.1. The van der Waals surface area contributed by atoms with E-state index in [1.807, 2.05) is 0 Å². The van der Waals surface area contributed by atoms with Crippen LogP contribution in [0.15, 0.2) is 96.6 Å². The fourth-order valence-corrected chi connectivity index (χ4v) is 3.92. The van der Waals surface area contributed by atoms with Crippen LogP contribution in [0, 0.1) is 30.3 Å². The van der Waals surface area contributed by atoms with Crippen LogP contribution < -0.4 is 10.0 Å². The molecule has 0 heterocycles. The van der Waals surface area contributed by atoms with Gasteiger partial charge in [0.15, 0.2) is 5.71 Å². The Kier molecular flexibility index (Phi) is 9.43. The first-order chi connectivity index (χ1) is 19.4. The minimum atomic E-state index is -1.46. The van der Waals surface area contributed by atoms with E-state index in [9.17, 15) is 35.4 Å². The maximum Gasteiger partial charge on any atom is 0.283 e. The van der Waals surface area contributed by atoms with Crippen LogP contribution in [-0.2, 0) is 0 Å². The SMILES string of the molecule is CN(C)c1ccc(C(=C2C=CC(=[N+](C)C)C=C2)c2ccccc2)cc1.O=[N+]([O-])c1cc([N+](=O)[O-])c([O-])c([N+](=O)[O-])c1. The van der Waals surface area contributed by atoms with E-state index in [2.05, 4.69) is 117 Å². The Morgan fingerprint density at radius 1 is 0.683 bits per heavy atom. The first-order valence-electron chi connectivity index (χ1n) is 12.2. The van der Waals surface area contributed by atoms with Crippen LogP contribution in [0.25, 0.3) is 5.57 Å². The fraction of sp³-hybridized carbons (Fsp3) is 0.138. The largest absolute Gasteiger partial charge is 0.863 e. The number of anilines is 1. The van der Waals surface area contributed by atoms with Crippen LogP contribution in [0.4, 0.5) is 22.7 Å². The fourth-order valence-electron chi connectivity index (χ4n) is 3.92. The third-order valence-electron chi connectivity index (χ3n) is 6.05. The number of nitro groups is 3. The van der Waals surface area contributed by atoms with E-state index < -0.39 is 37.6 Å². The van der Waals surface area contributed by atoms with Gasteiger partial charge in [-0.2, -0.15) is 0 Å². The second kappa shape index (κ2) is 12.9. The molecule has 0 atom stereocenters. The van der Waals surface area contributed by atoms with E-state index in [1.54, 1.807) is 0 Å². The van der Waals surface area contributed by atoms with Gasteiger partial charge >= 0.3 is 0 Å². The van der Waals surface area contributed by atoms with Crippen molar-refractivity contribution in [1.82, 2.24) is 0 Å². The lowest BCUT2D eigenvalue weighted by Gasteiger charge is -2.16. The molecule has 3 aromatic rings. The smallest absolute Gasteiger partial charge is 0.283 e. The number of hydrogen-bond acceptors (Lipinski definition) is 8. The minimum Gasteiger partial charge on any atom is -0.863 e. The number of hydrogen-bond donors (Lipinski definition) is 0. The second-order valence-electron chi connectivity index (χ2n) is 9.21. The lowest BCUT2D eigenvalue weighted by Crippen LogP contribution is -2.10. The quantitative estimate of drug-likeness (QED) is 0.236. The van der Waals surface area contributed by atoms with Gasteiger partial charge in [-0.1, -0.05) is 42.5 Å². The standard InChI is InChI=1S/C23H25N2.C6H3N3O7/c1-24(2)21-14-10-19(11-15-21)23(18-8-6-5-7-9-18)20-12-16-22(17-13-20)25(3)4;10-6-4(8(13)14)1-3(7(11)12)2-5(6)9(15)16/h5-17H,1-4H3;1-2,10H/q+1;/p-1. The molecule has 0 radical (unpaired) electrons. The van der Waals surface area contributed by atoms with E-state index >= 15 is 0 Å². The highest BCUT2D eigenvalue weighted by atomic mass is 16.6. The van der Waals surface area contributed by atoms with Crippen LogP contribution in [-0.4, -0.2) is 53.2 Å². The summed E-state index contributed by atoms with van der Waals surface area (Å²) in [5.41, 5.74) is 4.11. The first-order valence-corrected chi connectivity index (χ1v) is 12.2. The number of non-ortho nitro benzene ring substituents is 1. The first kappa shape index (κ1) is 29.9. The van der Waals surface area contributed by atoms with Crippen molar-refractivity contribution in [1.29, 1.82) is 0 Å². The molecule has 1 aliphatic carbocycles. The van der Waals surface area contributed by atoms with E-state index in [0.29, 0.717) is 12.1 Å². The molecule has 0 aromatic heterocycles. The molecule has 41 heavy (non-hydrogen) atoms. The summed E-state index contributed by atoms with van der Waals surface area (Å²) in [4.78, 5) is 29.6. The zero-order valence-electron chi connectivity index (χ0n) is 22.8. The second-order valence-corrected chi connectivity index (χ2v) is 9.21. The monoisotopic (exact) mass is 557 g/mol. The lowest BCUT2D eigenvalue weighted by molar-refractivity contribution is -0.462. The van der Waals surface area contributed by atoms with Gasteiger partial charge in [-0.3, -0.25) is 30.3 Å². The molecule has 0 amide bonds. The summed E-state index contributed by atoms with van der Waals surface area (Å²) in [5.74, 6) is -1.46. The van der Waals surface area contributed by atoms with Gasteiger partial charge in [0, 0.05) is 31.9 Å². The molecule has 0 N–H and O–H groups in total. The van der Waals surface area contributed by atoms with Gasteiger partial charge in [-0.05, 0) is 46.6 Å². The van der Waals surface area contributed by atoms with E-state index in [1.165, 1.54) is 33.7 Å². The number of benzene rings is 3. The zero-order chi connectivity index (χ0) is 30.3. The minimum absolute atomic E-state index is 0.384. The van der Waals surface area contributed by atoms with Gasteiger partial charge in [-0.15, -0.1) is 0 Å². The van der Waals surface area contributed by atoms with Crippen molar-refractivity contribution < 1.29 is 24.5 Å². The summed E-state index contributed by atoms with van der Waals surface area (Å²) >= 11 is 0. The van der Waals surface area contributed by atoms with Crippen LogP contribution in [0.5, 0.6) is 5.75 Å². The van der Waals surface area contributed by atoms with Crippen molar-refractivity contribution in [2.45, 2.75) is 0 Å². The number of rotatable bonds is 6. The molecule has 1 aliphatic rings. The topological polar surface area (TPSA) is 159 Å². The molecule has 0 spiro atoms. The predicted octanol–water partition coefficient (Wildman–Crippen LogP) is 4.88. The molecule has 0 aliphatic heterocycles. The molecule has 210 valence electrons. The highest BCUT2D eigenvalue weighted by Crippen LogP contribution is 2.37. The number of allylic oxidation sites excluding steroid dienone is 5. The van der Waals surface area contributed by atoms with Gasteiger partial charge in [0.2, 0.25) is 0 Å². The zero-order valence-corrected chi connectivity index (χ0v) is 22.8. The van der Waals surface area contributed by atoms with E-state index in [4.69, 9.17) is 0 Å². The lowest BCUT2D eigenvalue weighted by atomic mass is 9.90. The van der Waals surface area contributed by atoms with E-state index in [-0.39, 0.29) is 0 Å². The summed E-state index contributed by atoms with van der Waals surface area (Å²) in [6.07, 6.45) is 8.76. The summed E-state index contributed by atoms with van der Waals surface area (Å²) in [6.45, 7) is 0. The van der Waals surface area contributed by atoms with Crippen LogP contribution in [0.1, 0.15) is 11.1 Å². The van der Waals surface area contributed by atoms with Gasteiger partial charge in [0.25, 0.3) is 17.1 Å². The predicted molar refractivity (Wildman–Crippen MR) is 154 cm³/mol. The Morgan fingerprint density at radius 2 is 1.17 bits per heavy atom. The molecule has 0 saturated heterocycles. The summed E-state index contributed by atoms with van der Waals surface area (Å²) in [5, 5.41) is 42.1. The van der Waals surface area contributed by atoms with Gasteiger partial charge < -0.3 is 10.0 Å². The molecular weight excluding hydrogens is 530 g/mol.